The summed E-state index contributed by atoms with van der Waals surface area (Å²) in [5.41, 5.74) is 0. The van der Waals surface area contributed by atoms with E-state index < -0.39 is 0 Å². The average Bonchev–Trinajstić information content (AvgIpc) is 1.93. The summed E-state index contributed by atoms with van der Waals surface area (Å²) in [6.45, 7) is 6.80. The zero-order valence-corrected chi connectivity index (χ0v) is 7.28. The maximum absolute atomic E-state index is 6.47. The van der Waals surface area contributed by atoms with Gasteiger partial charge >= 0.3 is 0 Å². The van der Waals surface area contributed by atoms with E-state index in [1.54, 1.807) is 0 Å². The molecule has 0 aromatic rings. The van der Waals surface area contributed by atoms with Crippen LogP contribution in [0.2, 0.25) is 0 Å². The molecular formula is C7H17ClO. The molecule has 1 atom stereocenters. The highest BCUT2D eigenvalue weighted by atomic mass is 35.5. The minimum absolute atomic E-state index is 0.949. The number of halogens is 1. The highest BCUT2D eigenvalue weighted by Crippen LogP contribution is 2.07. The molecule has 0 saturated heterocycles. The van der Waals surface area contributed by atoms with E-state index in [2.05, 4.69) is 32.6 Å². The third-order valence-electron chi connectivity index (χ3n) is 1.48. The van der Waals surface area contributed by atoms with Crippen LogP contribution in [0.3, 0.4) is 0 Å². The Kier molecular flexibility index (Phi) is 14.8. The second kappa shape index (κ2) is 11.1. The van der Waals surface area contributed by atoms with Crippen molar-refractivity contribution in [1.29, 1.82) is 0 Å². The average molecular weight is 153 g/mol. The fraction of sp³-hybridized carbons (Fsp3) is 1.00. The number of hydrogen-bond acceptors (Lipinski definition) is 1. The van der Waals surface area contributed by atoms with Crippen LogP contribution in [-0.2, 0) is 0 Å². The molecule has 2 heteroatoms. The highest BCUT2D eigenvalue weighted by Gasteiger charge is 1.92. The van der Waals surface area contributed by atoms with Crippen molar-refractivity contribution in [3.63, 3.8) is 0 Å². The summed E-state index contributed by atoms with van der Waals surface area (Å²) in [6.07, 6.45) is 4.08. The monoisotopic (exact) mass is 152 g/mol. The maximum atomic E-state index is 6.47. The van der Waals surface area contributed by atoms with Gasteiger partial charge in [-0.15, -0.1) is 0 Å². The molecule has 58 valence electrons. The van der Waals surface area contributed by atoms with Crippen molar-refractivity contribution in [2.45, 2.75) is 40.0 Å². The van der Waals surface area contributed by atoms with Gasteiger partial charge in [-0.25, -0.2) is 0 Å². The minimum Gasteiger partial charge on any atom is -0.295 e. The lowest BCUT2D eigenvalue weighted by atomic mass is 10.0. The smallest absolute Gasteiger partial charge is 0.0579 e. The summed E-state index contributed by atoms with van der Waals surface area (Å²) in [5, 5.41) is 0. The van der Waals surface area contributed by atoms with Gasteiger partial charge in [0.1, 0.15) is 0 Å². The lowest BCUT2D eigenvalue weighted by Crippen LogP contribution is -1.88. The Balaban J connectivity index is 0. The van der Waals surface area contributed by atoms with Gasteiger partial charge in [0, 0.05) is 0 Å². The molecule has 0 rings (SSSR count). The quantitative estimate of drug-likeness (QED) is 0.660. The van der Waals surface area contributed by atoms with Crippen molar-refractivity contribution >= 4 is 11.9 Å². The molecular weight excluding hydrogens is 136 g/mol. The molecule has 0 aromatic heterocycles. The van der Waals surface area contributed by atoms with E-state index in [0.29, 0.717) is 0 Å². The fourth-order valence-electron chi connectivity index (χ4n) is 0.697. The van der Waals surface area contributed by atoms with Crippen molar-refractivity contribution in [3.8, 4) is 0 Å². The van der Waals surface area contributed by atoms with Crippen LogP contribution in [0, 0.1) is 5.92 Å². The van der Waals surface area contributed by atoms with Gasteiger partial charge in [-0.1, -0.05) is 40.0 Å². The molecule has 9 heavy (non-hydrogen) atoms. The highest BCUT2D eigenvalue weighted by molar-refractivity contribution is 6.04. The summed E-state index contributed by atoms with van der Waals surface area (Å²) >= 11 is 3.64. The largest absolute Gasteiger partial charge is 0.295 e. The van der Waals surface area contributed by atoms with Crippen LogP contribution in [0.4, 0.5) is 0 Å². The lowest BCUT2D eigenvalue weighted by molar-refractivity contribution is 0.509. The van der Waals surface area contributed by atoms with E-state index in [-0.39, 0.29) is 0 Å². The van der Waals surface area contributed by atoms with Gasteiger partial charge in [-0.3, -0.25) is 4.66 Å². The summed E-state index contributed by atoms with van der Waals surface area (Å²) in [7, 11) is 0. The summed E-state index contributed by atoms with van der Waals surface area (Å²) < 4.78 is 6.47. The minimum atomic E-state index is 0.949. The van der Waals surface area contributed by atoms with E-state index in [9.17, 15) is 0 Å². The van der Waals surface area contributed by atoms with Crippen molar-refractivity contribution in [2.75, 3.05) is 0 Å². The molecule has 0 saturated carbocycles. The predicted molar refractivity (Wildman–Crippen MR) is 42.4 cm³/mol. The summed E-state index contributed by atoms with van der Waals surface area (Å²) in [4.78, 5) is 0. The van der Waals surface area contributed by atoms with Crippen molar-refractivity contribution < 1.29 is 4.66 Å². The molecule has 1 unspecified atom stereocenters. The standard InChI is InChI=1S/C7H16.ClHO/c1-4-6-7(3)5-2;1-2/h7H,4-6H2,1-3H3;2H. The van der Waals surface area contributed by atoms with E-state index in [1.165, 1.54) is 19.3 Å². The van der Waals surface area contributed by atoms with Crippen LogP contribution >= 0.6 is 11.9 Å². The van der Waals surface area contributed by atoms with Crippen molar-refractivity contribution in [1.82, 2.24) is 0 Å². The van der Waals surface area contributed by atoms with Gasteiger partial charge in [0.05, 0.1) is 11.9 Å². The van der Waals surface area contributed by atoms with E-state index in [0.717, 1.165) is 5.92 Å². The first-order chi connectivity index (χ1) is 4.31. The first-order valence-corrected chi connectivity index (χ1v) is 3.82. The third kappa shape index (κ3) is 11.7. The lowest BCUT2D eigenvalue weighted by Gasteiger charge is -2.02. The molecule has 0 aliphatic rings. The molecule has 0 amide bonds. The van der Waals surface area contributed by atoms with E-state index in [1.807, 2.05) is 0 Å². The Morgan fingerprint density at radius 2 is 1.78 bits per heavy atom. The molecule has 0 heterocycles. The van der Waals surface area contributed by atoms with Crippen LogP contribution in [0.15, 0.2) is 0 Å². The Hall–Kier alpha value is 0.250. The first kappa shape index (κ1) is 12.0. The zero-order chi connectivity index (χ0) is 7.70. The van der Waals surface area contributed by atoms with Crippen LogP contribution < -0.4 is 0 Å². The summed E-state index contributed by atoms with van der Waals surface area (Å²) in [6, 6.07) is 0. The third-order valence-corrected chi connectivity index (χ3v) is 1.48. The molecule has 0 spiro atoms. The van der Waals surface area contributed by atoms with Crippen LogP contribution in [0.5, 0.6) is 0 Å². The summed E-state index contributed by atoms with van der Waals surface area (Å²) in [5.74, 6) is 0.949. The number of hydrogen-bond donors (Lipinski definition) is 1. The Bertz CT molecular complexity index is 39.9. The Morgan fingerprint density at radius 3 is 1.89 bits per heavy atom. The molecule has 0 aliphatic heterocycles. The van der Waals surface area contributed by atoms with E-state index in [4.69, 9.17) is 4.66 Å². The van der Waals surface area contributed by atoms with Gasteiger partial charge in [-0.05, 0) is 5.92 Å². The van der Waals surface area contributed by atoms with Gasteiger partial charge in [0.15, 0.2) is 0 Å². The zero-order valence-electron chi connectivity index (χ0n) is 6.52. The topological polar surface area (TPSA) is 20.2 Å². The van der Waals surface area contributed by atoms with Crippen LogP contribution in [0.1, 0.15) is 40.0 Å². The van der Waals surface area contributed by atoms with Crippen molar-refractivity contribution in [2.24, 2.45) is 5.92 Å². The van der Waals surface area contributed by atoms with Gasteiger partial charge in [-0.2, -0.15) is 0 Å². The molecule has 0 bridgehead atoms. The predicted octanol–water partition coefficient (Wildman–Crippen LogP) is 2.97. The first-order valence-electron chi connectivity index (χ1n) is 3.48. The fourth-order valence-corrected chi connectivity index (χ4v) is 0.697. The molecule has 0 radical (unpaired) electrons. The molecule has 0 aromatic carbocycles. The van der Waals surface area contributed by atoms with E-state index >= 15 is 0 Å². The Labute approximate surface area is 63.2 Å². The van der Waals surface area contributed by atoms with Crippen LogP contribution in [0.25, 0.3) is 0 Å². The molecule has 1 nitrogen and oxygen atoms in total. The van der Waals surface area contributed by atoms with Gasteiger partial charge in [0.2, 0.25) is 0 Å². The number of rotatable bonds is 3. The molecule has 0 aliphatic carbocycles. The van der Waals surface area contributed by atoms with Crippen molar-refractivity contribution in [3.05, 3.63) is 0 Å². The second-order valence-electron chi connectivity index (χ2n) is 2.30. The second-order valence-corrected chi connectivity index (χ2v) is 2.30. The molecule has 1 N–H and O–H groups in total. The normalized spacial score (nSPS) is 11.7. The van der Waals surface area contributed by atoms with Crippen LogP contribution in [-0.4, -0.2) is 4.66 Å². The Morgan fingerprint density at radius 1 is 1.33 bits per heavy atom. The SMILES string of the molecule is CCCC(C)CC.OCl. The maximum Gasteiger partial charge on any atom is 0.0579 e. The molecule has 0 fully saturated rings. The van der Waals surface area contributed by atoms with Gasteiger partial charge < -0.3 is 0 Å². The van der Waals surface area contributed by atoms with Gasteiger partial charge in [0.25, 0.3) is 0 Å².